The second-order valence-corrected chi connectivity index (χ2v) is 3.82. The quantitative estimate of drug-likeness (QED) is 0.788. The first kappa shape index (κ1) is 13.8. The third-order valence-corrected chi connectivity index (χ3v) is 2.83. The Morgan fingerprint density at radius 1 is 1.29 bits per heavy atom. The predicted molar refractivity (Wildman–Crippen MR) is 65.4 cm³/mol. The van der Waals surface area contributed by atoms with Gasteiger partial charge in [0.1, 0.15) is 0 Å². The minimum atomic E-state index is 0. The maximum Gasteiger partial charge on any atom is 0.0622 e. The van der Waals surface area contributed by atoms with Gasteiger partial charge in [-0.3, -0.25) is 0 Å². The SMILES string of the molecule is CNCC(C)C(Cl)c1ccccc1.Cl. The molecule has 0 saturated carbocycles. The van der Waals surface area contributed by atoms with Gasteiger partial charge in [0.2, 0.25) is 0 Å². The molecular weight excluding hydrogens is 217 g/mol. The van der Waals surface area contributed by atoms with E-state index in [2.05, 4.69) is 24.4 Å². The zero-order valence-electron chi connectivity index (χ0n) is 8.53. The lowest BCUT2D eigenvalue weighted by molar-refractivity contribution is 0.527. The first-order valence-corrected chi connectivity index (χ1v) is 5.03. The summed E-state index contributed by atoms with van der Waals surface area (Å²) in [6.45, 7) is 3.10. The van der Waals surface area contributed by atoms with E-state index in [1.54, 1.807) is 0 Å². The van der Waals surface area contributed by atoms with Crippen LogP contribution in [0.4, 0.5) is 0 Å². The molecule has 0 aliphatic heterocycles. The molecule has 1 aromatic rings. The zero-order valence-corrected chi connectivity index (χ0v) is 10.1. The van der Waals surface area contributed by atoms with Crippen molar-refractivity contribution in [1.29, 1.82) is 0 Å². The van der Waals surface area contributed by atoms with Crippen LogP contribution in [0, 0.1) is 5.92 Å². The number of hydrogen-bond donors (Lipinski definition) is 1. The first-order valence-electron chi connectivity index (χ1n) is 4.59. The van der Waals surface area contributed by atoms with Crippen LogP contribution in [-0.4, -0.2) is 13.6 Å². The van der Waals surface area contributed by atoms with E-state index >= 15 is 0 Å². The standard InChI is InChI=1S/C11H16ClN.ClH/c1-9(8-13-2)11(12)10-6-4-3-5-7-10;/h3-7,9,11,13H,8H2,1-2H3;1H. The first-order chi connectivity index (χ1) is 6.25. The molecule has 2 atom stereocenters. The summed E-state index contributed by atoms with van der Waals surface area (Å²) in [5, 5.41) is 3.24. The van der Waals surface area contributed by atoms with Gasteiger partial charge < -0.3 is 5.32 Å². The Balaban J connectivity index is 0.00000169. The lowest BCUT2D eigenvalue weighted by Gasteiger charge is -2.17. The molecule has 1 nitrogen and oxygen atoms in total. The molecule has 1 rings (SSSR count). The van der Waals surface area contributed by atoms with Crippen LogP contribution in [0.15, 0.2) is 30.3 Å². The fraction of sp³-hybridized carbons (Fsp3) is 0.455. The Labute approximate surface area is 97.3 Å². The highest BCUT2D eigenvalue weighted by Crippen LogP contribution is 2.27. The van der Waals surface area contributed by atoms with Crippen molar-refractivity contribution in [2.24, 2.45) is 5.92 Å². The highest BCUT2D eigenvalue weighted by atomic mass is 35.5. The molecule has 80 valence electrons. The molecule has 3 heteroatoms. The number of benzene rings is 1. The minimum absolute atomic E-state index is 0. The molecule has 1 N–H and O–H groups in total. The van der Waals surface area contributed by atoms with Crippen LogP contribution in [0.5, 0.6) is 0 Å². The van der Waals surface area contributed by atoms with E-state index in [1.807, 2.05) is 25.2 Å². The summed E-state index contributed by atoms with van der Waals surface area (Å²) >= 11 is 6.30. The van der Waals surface area contributed by atoms with Crippen molar-refractivity contribution in [2.45, 2.75) is 12.3 Å². The monoisotopic (exact) mass is 233 g/mol. The summed E-state index contributed by atoms with van der Waals surface area (Å²) in [5.41, 5.74) is 1.20. The Kier molecular flexibility index (Phi) is 6.98. The molecule has 0 saturated heterocycles. The number of halogens is 2. The van der Waals surface area contributed by atoms with E-state index in [9.17, 15) is 0 Å². The summed E-state index contributed by atoms with van der Waals surface area (Å²) in [6, 6.07) is 10.2. The van der Waals surface area contributed by atoms with Crippen LogP contribution in [0.3, 0.4) is 0 Å². The maximum atomic E-state index is 6.30. The summed E-state index contributed by atoms with van der Waals surface area (Å²) in [4.78, 5) is 0. The summed E-state index contributed by atoms with van der Waals surface area (Å²) in [6.07, 6.45) is 0. The molecule has 0 fully saturated rings. The lowest BCUT2D eigenvalue weighted by Crippen LogP contribution is -2.19. The van der Waals surface area contributed by atoms with Gasteiger partial charge in [-0.1, -0.05) is 37.3 Å². The normalized spacial score (nSPS) is 14.2. The third kappa shape index (κ3) is 3.87. The van der Waals surface area contributed by atoms with Crippen molar-refractivity contribution in [3.63, 3.8) is 0 Å². The molecule has 14 heavy (non-hydrogen) atoms. The molecular formula is C11H17Cl2N. The number of alkyl halides is 1. The van der Waals surface area contributed by atoms with Crippen LogP contribution < -0.4 is 5.32 Å². The minimum Gasteiger partial charge on any atom is -0.319 e. The Hall–Kier alpha value is -0.240. The van der Waals surface area contributed by atoms with Crippen molar-refractivity contribution < 1.29 is 0 Å². The maximum absolute atomic E-state index is 6.30. The van der Waals surface area contributed by atoms with E-state index in [-0.39, 0.29) is 17.8 Å². The molecule has 2 unspecified atom stereocenters. The fourth-order valence-corrected chi connectivity index (χ4v) is 1.63. The van der Waals surface area contributed by atoms with Crippen molar-refractivity contribution in [3.05, 3.63) is 35.9 Å². The highest BCUT2D eigenvalue weighted by molar-refractivity contribution is 6.21. The van der Waals surface area contributed by atoms with Gasteiger partial charge in [0.15, 0.2) is 0 Å². The smallest absolute Gasteiger partial charge is 0.0622 e. The molecule has 0 heterocycles. The summed E-state index contributed by atoms with van der Waals surface area (Å²) < 4.78 is 0. The van der Waals surface area contributed by atoms with Crippen molar-refractivity contribution >= 4 is 24.0 Å². The largest absolute Gasteiger partial charge is 0.319 e. The predicted octanol–water partition coefficient (Wildman–Crippen LogP) is 3.24. The van der Waals surface area contributed by atoms with Crippen molar-refractivity contribution in [3.8, 4) is 0 Å². The van der Waals surface area contributed by atoms with Crippen LogP contribution in [-0.2, 0) is 0 Å². The van der Waals surface area contributed by atoms with Gasteiger partial charge >= 0.3 is 0 Å². The van der Waals surface area contributed by atoms with E-state index in [0.29, 0.717) is 5.92 Å². The van der Waals surface area contributed by atoms with Gasteiger partial charge in [-0.05, 0) is 25.1 Å². The average Bonchev–Trinajstić information content (AvgIpc) is 2.18. The van der Waals surface area contributed by atoms with E-state index in [4.69, 9.17) is 11.6 Å². The second-order valence-electron chi connectivity index (χ2n) is 3.35. The molecule has 0 aliphatic carbocycles. The Morgan fingerprint density at radius 2 is 1.86 bits per heavy atom. The van der Waals surface area contributed by atoms with Crippen LogP contribution in [0.2, 0.25) is 0 Å². The molecule has 0 amide bonds. The number of rotatable bonds is 4. The number of nitrogens with one attached hydrogen (secondary N) is 1. The molecule has 0 radical (unpaired) electrons. The molecule has 0 aromatic heterocycles. The van der Waals surface area contributed by atoms with Crippen molar-refractivity contribution in [1.82, 2.24) is 5.32 Å². The fourth-order valence-electron chi connectivity index (χ4n) is 1.39. The number of hydrogen-bond acceptors (Lipinski definition) is 1. The van der Waals surface area contributed by atoms with E-state index in [1.165, 1.54) is 5.56 Å². The van der Waals surface area contributed by atoms with E-state index in [0.717, 1.165) is 6.54 Å². The van der Waals surface area contributed by atoms with Gasteiger partial charge in [0.25, 0.3) is 0 Å². The Bertz CT molecular complexity index is 238. The second kappa shape index (κ2) is 7.10. The van der Waals surface area contributed by atoms with Crippen LogP contribution in [0.1, 0.15) is 17.9 Å². The summed E-state index contributed by atoms with van der Waals surface area (Å²) in [7, 11) is 1.95. The van der Waals surface area contributed by atoms with Gasteiger partial charge in [-0.15, -0.1) is 24.0 Å². The summed E-state index contributed by atoms with van der Waals surface area (Å²) in [5.74, 6) is 0.453. The topological polar surface area (TPSA) is 12.0 Å². The lowest BCUT2D eigenvalue weighted by atomic mass is 10.0. The average molecular weight is 234 g/mol. The highest BCUT2D eigenvalue weighted by Gasteiger charge is 2.14. The molecule has 0 bridgehead atoms. The van der Waals surface area contributed by atoms with Gasteiger partial charge in [-0.25, -0.2) is 0 Å². The third-order valence-electron chi connectivity index (χ3n) is 2.14. The van der Waals surface area contributed by atoms with Gasteiger partial charge in [-0.2, -0.15) is 0 Å². The van der Waals surface area contributed by atoms with Crippen molar-refractivity contribution in [2.75, 3.05) is 13.6 Å². The molecule has 0 aliphatic rings. The Morgan fingerprint density at radius 3 is 2.36 bits per heavy atom. The van der Waals surface area contributed by atoms with Crippen LogP contribution >= 0.6 is 24.0 Å². The van der Waals surface area contributed by atoms with Gasteiger partial charge in [0.05, 0.1) is 5.38 Å². The molecule has 1 aromatic carbocycles. The van der Waals surface area contributed by atoms with Crippen LogP contribution in [0.25, 0.3) is 0 Å². The van der Waals surface area contributed by atoms with Gasteiger partial charge in [0, 0.05) is 0 Å². The molecule has 0 spiro atoms. The van der Waals surface area contributed by atoms with E-state index < -0.39 is 0 Å². The zero-order chi connectivity index (χ0) is 9.68.